The van der Waals surface area contributed by atoms with Gasteiger partial charge in [0, 0.05) is 11.6 Å². The second-order valence-electron chi connectivity index (χ2n) is 6.45. The number of aromatic nitrogens is 3. The predicted molar refractivity (Wildman–Crippen MR) is 90.7 cm³/mol. The number of anilines is 1. The minimum atomic E-state index is 0.245. The molecule has 23 heavy (non-hydrogen) atoms. The maximum atomic E-state index is 6.02. The minimum absolute atomic E-state index is 0.245. The number of ether oxygens (including phenoxy) is 1. The van der Waals surface area contributed by atoms with Gasteiger partial charge in [-0.2, -0.15) is 4.98 Å². The van der Waals surface area contributed by atoms with Crippen LogP contribution in [0.5, 0.6) is 5.88 Å². The Bertz CT molecular complexity index is 623. The third-order valence-corrected chi connectivity index (χ3v) is 5.42. The van der Waals surface area contributed by atoms with Crippen molar-refractivity contribution in [1.82, 2.24) is 15.0 Å². The summed E-state index contributed by atoms with van der Waals surface area (Å²) in [5.41, 5.74) is 0. The van der Waals surface area contributed by atoms with Crippen molar-refractivity contribution in [3.63, 3.8) is 0 Å². The fourth-order valence-electron chi connectivity index (χ4n) is 3.19. The number of nitrogens with zero attached hydrogens (tertiary/aromatic N) is 3. The molecule has 0 radical (unpaired) electrons. The Morgan fingerprint density at radius 1 is 1.13 bits per heavy atom. The van der Waals surface area contributed by atoms with Crippen LogP contribution in [-0.4, -0.2) is 21.1 Å². The molecule has 2 aliphatic carbocycles. The van der Waals surface area contributed by atoms with E-state index in [2.05, 4.69) is 20.3 Å². The highest BCUT2D eigenvalue weighted by atomic mass is 32.1. The quantitative estimate of drug-likeness (QED) is 0.860. The van der Waals surface area contributed by atoms with E-state index in [4.69, 9.17) is 4.74 Å². The van der Waals surface area contributed by atoms with Crippen LogP contribution in [0.25, 0.3) is 0 Å². The molecule has 6 heteroatoms. The summed E-state index contributed by atoms with van der Waals surface area (Å²) in [4.78, 5) is 13.4. The third-order valence-electron chi connectivity index (χ3n) is 4.57. The smallest absolute Gasteiger partial charge is 0.234 e. The Labute approximate surface area is 140 Å². The summed E-state index contributed by atoms with van der Waals surface area (Å²) in [7, 11) is 0. The second-order valence-corrected chi connectivity index (χ2v) is 7.38. The van der Waals surface area contributed by atoms with E-state index in [1.807, 2.05) is 11.6 Å². The summed E-state index contributed by atoms with van der Waals surface area (Å²) in [6, 6.07) is 0.245. The standard InChI is InChI=1S/C17H22N4OS/c1-2-4-13(5-3-1)22-15-11-18-10-14(20-15)21-16(12-6-7-12)17-19-8-9-23-17/h8-13,16H,1-7H2,(H,20,21). The summed E-state index contributed by atoms with van der Waals surface area (Å²) in [6.45, 7) is 0. The van der Waals surface area contributed by atoms with Crippen LogP contribution in [0.15, 0.2) is 24.0 Å². The van der Waals surface area contributed by atoms with E-state index in [0.29, 0.717) is 17.9 Å². The molecule has 0 saturated heterocycles. The first kappa shape index (κ1) is 14.9. The maximum absolute atomic E-state index is 6.02. The summed E-state index contributed by atoms with van der Waals surface area (Å²) in [5.74, 6) is 2.08. The molecule has 0 spiro atoms. The van der Waals surface area contributed by atoms with E-state index in [0.717, 1.165) is 23.7 Å². The molecule has 2 saturated carbocycles. The Morgan fingerprint density at radius 3 is 2.74 bits per heavy atom. The zero-order valence-corrected chi connectivity index (χ0v) is 14.0. The van der Waals surface area contributed by atoms with Crippen LogP contribution in [0.2, 0.25) is 0 Å². The van der Waals surface area contributed by atoms with Crippen molar-refractivity contribution in [2.75, 3.05) is 5.32 Å². The molecule has 5 nitrogen and oxygen atoms in total. The van der Waals surface area contributed by atoms with Gasteiger partial charge in [0.05, 0.1) is 18.4 Å². The van der Waals surface area contributed by atoms with Gasteiger partial charge in [0.2, 0.25) is 5.88 Å². The average molecular weight is 330 g/mol. The average Bonchev–Trinajstić information content (AvgIpc) is 3.28. The van der Waals surface area contributed by atoms with Crippen molar-refractivity contribution < 1.29 is 4.74 Å². The van der Waals surface area contributed by atoms with E-state index < -0.39 is 0 Å². The third kappa shape index (κ3) is 3.80. The molecular weight excluding hydrogens is 308 g/mol. The first-order valence-corrected chi connectivity index (χ1v) is 9.41. The molecule has 0 bridgehead atoms. The van der Waals surface area contributed by atoms with Crippen LogP contribution >= 0.6 is 11.3 Å². The van der Waals surface area contributed by atoms with Gasteiger partial charge in [-0.3, -0.25) is 4.98 Å². The predicted octanol–water partition coefficient (Wildman–Crippen LogP) is 4.21. The van der Waals surface area contributed by atoms with Crippen molar-refractivity contribution in [3.05, 3.63) is 29.0 Å². The van der Waals surface area contributed by atoms with Crippen LogP contribution < -0.4 is 10.1 Å². The summed E-state index contributed by atoms with van der Waals surface area (Å²) >= 11 is 1.70. The molecular formula is C17H22N4OS. The molecule has 1 unspecified atom stereocenters. The monoisotopic (exact) mass is 330 g/mol. The van der Waals surface area contributed by atoms with Crippen molar-refractivity contribution in [3.8, 4) is 5.88 Å². The Kier molecular flexibility index (Phi) is 4.41. The van der Waals surface area contributed by atoms with E-state index in [1.54, 1.807) is 23.7 Å². The Balaban J connectivity index is 1.45. The molecule has 0 aliphatic heterocycles. The van der Waals surface area contributed by atoms with Crippen molar-refractivity contribution in [1.29, 1.82) is 0 Å². The number of rotatable bonds is 6. The first-order valence-electron chi connectivity index (χ1n) is 8.53. The van der Waals surface area contributed by atoms with Crippen LogP contribution in [0.3, 0.4) is 0 Å². The molecule has 2 fully saturated rings. The second kappa shape index (κ2) is 6.83. The first-order chi connectivity index (χ1) is 11.4. The summed E-state index contributed by atoms with van der Waals surface area (Å²) < 4.78 is 6.02. The van der Waals surface area contributed by atoms with Crippen LogP contribution in [0.4, 0.5) is 5.82 Å². The van der Waals surface area contributed by atoms with Gasteiger partial charge in [-0.25, -0.2) is 4.98 Å². The SMILES string of the molecule is c1csc(C(Nc2cncc(OC3CCCCC3)n2)C2CC2)n1. The number of hydrogen-bond acceptors (Lipinski definition) is 6. The molecule has 0 amide bonds. The largest absolute Gasteiger partial charge is 0.473 e. The normalized spacial score (nSPS) is 20.2. The van der Waals surface area contributed by atoms with Gasteiger partial charge < -0.3 is 10.1 Å². The van der Waals surface area contributed by atoms with E-state index in [-0.39, 0.29) is 6.04 Å². The molecule has 2 aliphatic rings. The Hall–Kier alpha value is -1.69. The van der Waals surface area contributed by atoms with Crippen LogP contribution in [0, 0.1) is 5.92 Å². The van der Waals surface area contributed by atoms with Crippen LogP contribution in [0.1, 0.15) is 56.0 Å². The lowest BCUT2D eigenvalue weighted by molar-refractivity contribution is 0.148. The molecule has 1 atom stereocenters. The van der Waals surface area contributed by atoms with Gasteiger partial charge >= 0.3 is 0 Å². The van der Waals surface area contributed by atoms with Crippen molar-refractivity contribution in [2.24, 2.45) is 5.92 Å². The molecule has 2 heterocycles. The van der Waals surface area contributed by atoms with E-state index >= 15 is 0 Å². The topological polar surface area (TPSA) is 59.9 Å². The lowest BCUT2D eigenvalue weighted by atomic mass is 9.98. The molecule has 1 N–H and O–H groups in total. The molecule has 2 aromatic rings. The van der Waals surface area contributed by atoms with E-state index in [1.165, 1.54) is 32.1 Å². The Morgan fingerprint density at radius 2 is 2.00 bits per heavy atom. The van der Waals surface area contributed by atoms with Gasteiger partial charge in [-0.15, -0.1) is 11.3 Å². The zero-order valence-electron chi connectivity index (χ0n) is 13.1. The number of thiazole rings is 1. The summed E-state index contributed by atoms with van der Waals surface area (Å²) in [5, 5.41) is 6.68. The lowest BCUT2D eigenvalue weighted by Crippen LogP contribution is -2.20. The zero-order chi connectivity index (χ0) is 15.5. The fraction of sp³-hybridized carbons (Fsp3) is 0.588. The van der Waals surface area contributed by atoms with Gasteiger partial charge in [0.25, 0.3) is 0 Å². The molecule has 2 aromatic heterocycles. The van der Waals surface area contributed by atoms with Crippen molar-refractivity contribution >= 4 is 17.2 Å². The summed E-state index contributed by atoms with van der Waals surface area (Å²) in [6.07, 6.45) is 14.2. The number of nitrogens with one attached hydrogen (secondary N) is 1. The van der Waals surface area contributed by atoms with Gasteiger partial charge in [-0.05, 0) is 44.4 Å². The van der Waals surface area contributed by atoms with Crippen molar-refractivity contribution in [2.45, 2.75) is 57.1 Å². The maximum Gasteiger partial charge on any atom is 0.234 e. The highest BCUT2D eigenvalue weighted by molar-refractivity contribution is 7.09. The highest BCUT2D eigenvalue weighted by Gasteiger charge is 2.34. The fourth-order valence-corrected chi connectivity index (χ4v) is 3.97. The van der Waals surface area contributed by atoms with Gasteiger partial charge in [0.15, 0.2) is 0 Å². The number of hydrogen-bond donors (Lipinski definition) is 1. The molecule has 0 aromatic carbocycles. The van der Waals surface area contributed by atoms with Gasteiger partial charge in [-0.1, -0.05) is 6.42 Å². The van der Waals surface area contributed by atoms with Gasteiger partial charge in [0.1, 0.15) is 16.9 Å². The van der Waals surface area contributed by atoms with Crippen LogP contribution in [-0.2, 0) is 0 Å². The highest BCUT2D eigenvalue weighted by Crippen LogP contribution is 2.43. The minimum Gasteiger partial charge on any atom is -0.473 e. The van der Waals surface area contributed by atoms with E-state index in [9.17, 15) is 0 Å². The molecule has 4 rings (SSSR count). The lowest BCUT2D eigenvalue weighted by Gasteiger charge is -2.22. The molecule has 122 valence electrons.